The number of anilines is 2. The van der Waals surface area contributed by atoms with Crippen molar-refractivity contribution in [1.29, 1.82) is 0 Å². The van der Waals surface area contributed by atoms with Crippen LogP contribution in [0.15, 0.2) is 40.9 Å². The topological polar surface area (TPSA) is 50.8 Å². The number of rotatable bonds is 3. The van der Waals surface area contributed by atoms with E-state index in [1.807, 2.05) is 18.2 Å². The highest BCUT2D eigenvalue weighted by molar-refractivity contribution is 9.10. The van der Waals surface area contributed by atoms with Crippen LogP contribution in [0.4, 0.5) is 11.4 Å². The van der Waals surface area contributed by atoms with Crippen molar-refractivity contribution in [2.75, 3.05) is 30.0 Å². The molecule has 26 heavy (non-hydrogen) atoms. The maximum Gasteiger partial charge on any atom is 0.243 e. The summed E-state index contributed by atoms with van der Waals surface area (Å²) in [7, 11) is 0. The number of carbonyl (C=O) groups excluding carboxylic acids is 1. The molecule has 2 aliphatic rings. The molecule has 0 aromatic heterocycles. The summed E-state index contributed by atoms with van der Waals surface area (Å²) < 4.78 is 11.9. The zero-order chi connectivity index (χ0) is 18.1. The third kappa shape index (κ3) is 3.38. The van der Waals surface area contributed by atoms with Crippen molar-refractivity contribution in [3.63, 3.8) is 0 Å². The molecule has 0 saturated carbocycles. The number of benzene rings is 2. The van der Waals surface area contributed by atoms with E-state index in [9.17, 15) is 4.79 Å². The normalized spacial score (nSPS) is 18.2. The molecule has 0 aliphatic carbocycles. The minimum Gasteiger partial charge on any atom is -0.486 e. The van der Waals surface area contributed by atoms with Crippen LogP contribution in [0.3, 0.4) is 0 Å². The largest absolute Gasteiger partial charge is 0.486 e. The van der Waals surface area contributed by atoms with Crippen molar-refractivity contribution in [2.24, 2.45) is 0 Å². The predicted octanol–water partition coefficient (Wildman–Crippen LogP) is 4.00. The SMILES string of the molecule is CC1CCc2ccccc2N1CC(=O)Nc1cc2c(cc1Br)OCCO2. The van der Waals surface area contributed by atoms with E-state index in [-0.39, 0.29) is 5.91 Å². The van der Waals surface area contributed by atoms with E-state index >= 15 is 0 Å². The van der Waals surface area contributed by atoms with E-state index in [1.54, 1.807) is 0 Å². The molecule has 0 bridgehead atoms. The first-order chi connectivity index (χ1) is 12.6. The van der Waals surface area contributed by atoms with Gasteiger partial charge < -0.3 is 19.7 Å². The van der Waals surface area contributed by atoms with Gasteiger partial charge in [-0.2, -0.15) is 0 Å². The average Bonchev–Trinajstić information content (AvgIpc) is 2.65. The standard InChI is InChI=1S/C20H21BrN2O3/c1-13-6-7-14-4-2-3-5-17(14)23(13)12-20(24)22-16-11-19-18(10-15(16)21)25-8-9-26-19/h2-5,10-11,13H,6-9,12H2,1H3,(H,22,24). The number of carbonyl (C=O) groups is 1. The van der Waals surface area contributed by atoms with Gasteiger partial charge in [-0.1, -0.05) is 18.2 Å². The van der Waals surface area contributed by atoms with Crippen LogP contribution in [0.25, 0.3) is 0 Å². The molecule has 6 heteroatoms. The molecule has 0 spiro atoms. The molecule has 0 radical (unpaired) electrons. The zero-order valence-electron chi connectivity index (χ0n) is 14.6. The van der Waals surface area contributed by atoms with Crippen molar-refractivity contribution in [3.05, 3.63) is 46.4 Å². The lowest BCUT2D eigenvalue weighted by Crippen LogP contribution is -2.42. The van der Waals surface area contributed by atoms with E-state index in [4.69, 9.17) is 9.47 Å². The first-order valence-electron chi connectivity index (χ1n) is 8.85. The zero-order valence-corrected chi connectivity index (χ0v) is 16.2. The summed E-state index contributed by atoms with van der Waals surface area (Å²) in [5.41, 5.74) is 3.15. The number of ether oxygens (including phenoxy) is 2. The Morgan fingerprint density at radius 1 is 1.23 bits per heavy atom. The van der Waals surface area contributed by atoms with E-state index < -0.39 is 0 Å². The Morgan fingerprint density at radius 3 is 2.77 bits per heavy atom. The molecule has 2 aromatic rings. The quantitative estimate of drug-likeness (QED) is 0.821. The molecule has 4 rings (SSSR count). The van der Waals surface area contributed by atoms with Crippen LogP contribution >= 0.6 is 15.9 Å². The van der Waals surface area contributed by atoms with E-state index in [0.29, 0.717) is 43.0 Å². The fourth-order valence-corrected chi connectivity index (χ4v) is 3.93. The van der Waals surface area contributed by atoms with Gasteiger partial charge in [0.05, 0.1) is 12.2 Å². The van der Waals surface area contributed by atoms with Gasteiger partial charge in [0.25, 0.3) is 0 Å². The van der Waals surface area contributed by atoms with Crippen LogP contribution in [0.1, 0.15) is 18.9 Å². The summed E-state index contributed by atoms with van der Waals surface area (Å²) >= 11 is 3.50. The smallest absolute Gasteiger partial charge is 0.243 e. The van der Waals surface area contributed by atoms with Gasteiger partial charge in [-0.3, -0.25) is 4.79 Å². The van der Waals surface area contributed by atoms with Crippen molar-refractivity contribution in [3.8, 4) is 11.5 Å². The highest BCUT2D eigenvalue weighted by atomic mass is 79.9. The Labute approximate surface area is 161 Å². The molecule has 2 aromatic carbocycles. The lowest BCUT2D eigenvalue weighted by Gasteiger charge is -2.36. The number of aryl methyl sites for hydroxylation is 1. The maximum atomic E-state index is 12.7. The Hall–Kier alpha value is -2.21. The number of nitrogens with one attached hydrogen (secondary N) is 1. The highest BCUT2D eigenvalue weighted by Gasteiger charge is 2.25. The molecule has 1 N–H and O–H groups in total. The Morgan fingerprint density at radius 2 is 1.96 bits per heavy atom. The number of amides is 1. The number of fused-ring (bicyclic) bond motifs is 2. The summed E-state index contributed by atoms with van der Waals surface area (Å²) in [6, 6.07) is 12.3. The molecule has 2 aliphatic heterocycles. The molecular formula is C20H21BrN2O3. The maximum absolute atomic E-state index is 12.7. The van der Waals surface area contributed by atoms with E-state index in [1.165, 1.54) is 5.56 Å². The van der Waals surface area contributed by atoms with Gasteiger partial charge in [0.15, 0.2) is 11.5 Å². The van der Waals surface area contributed by atoms with Gasteiger partial charge in [-0.15, -0.1) is 0 Å². The molecule has 1 unspecified atom stereocenters. The summed E-state index contributed by atoms with van der Waals surface area (Å²) in [6.45, 7) is 3.55. The second-order valence-corrected chi connectivity index (χ2v) is 7.52. The molecule has 136 valence electrons. The highest BCUT2D eigenvalue weighted by Crippen LogP contribution is 2.38. The number of para-hydroxylation sites is 1. The van der Waals surface area contributed by atoms with Crippen molar-refractivity contribution < 1.29 is 14.3 Å². The second kappa shape index (κ2) is 7.19. The molecular weight excluding hydrogens is 396 g/mol. The number of nitrogens with zero attached hydrogens (tertiary/aromatic N) is 1. The third-order valence-corrected chi connectivity index (χ3v) is 5.54. The Kier molecular flexibility index (Phi) is 4.76. The van der Waals surface area contributed by atoms with Gasteiger partial charge in [0.2, 0.25) is 5.91 Å². The number of hydrogen-bond acceptors (Lipinski definition) is 4. The second-order valence-electron chi connectivity index (χ2n) is 6.67. The summed E-state index contributed by atoms with van der Waals surface area (Å²) in [4.78, 5) is 14.9. The first kappa shape index (κ1) is 17.2. The number of halogens is 1. The van der Waals surface area contributed by atoms with Crippen LogP contribution in [-0.2, 0) is 11.2 Å². The Balaban J connectivity index is 1.51. The summed E-state index contributed by atoms with van der Waals surface area (Å²) in [5, 5.41) is 3.00. The fourth-order valence-electron chi connectivity index (χ4n) is 3.51. The monoisotopic (exact) mass is 416 g/mol. The van der Waals surface area contributed by atoms with Crippen LogP contribution in [0, 0.1) is 0 Å². The minimum absolute atomic E-state index is 0.0501. The van der Waals surface area contributed by atoms with Crippen molar-refractivity contribution in [1.82, 2.24) is 0 Å². The average molecular weight is 417 g/mol. The summed E-state index contributed by atoms with van der Waals surface area (Å²) in [5.74, 6) is 1.30. The molecule has 2 heterocycles. The molecule has 1 amide bonds. The van der Waals surface area contributed by atoms with Crippen LogP contribution in [0.5, 0.6) is 11.5 Å². The first-order valence-corrected chi connectivity index (χ1v) is 9.64. The van der Waals surface area contributed by atoms with E-state index in [0.717, 1.165) is 23.0 Å². The van der Waals surface area contributed by atoms with Crippen molar-refractivity contribution >= 4 is 33.2 Å². The van der Waals surface area contributed by atoms with Gasteiger partial charge in [-0.05, 0) is 47.3 Å². The number of hydrogen-bond donors (Lipinski definition) is 1. The van der Waals surface area contributed by atoms with Crippen LogP contribution in [-0.4, -0.2) is 31.7 Å². The minimum atomic E-state index is -0.0501. The van der Waals surface area contributed by atoms with Gasteiger partial charge in [0, 0.05) is 28.3 Å². The van der Waals surface area contributed by atoms with Crippen LogP contribution < -0.4 is 19.7 Å². The molecule has 0 fully saturated rings. The molecule has 1 atom stereocenters. The lowest BCUT2D eigenvalue weighted by atomic mass is 9.96. The van der Waals surface area contributed by atoms with Gasteiger partial charge in [-0.25, -0.2) is 0 Å². The molecule has 5 nitrogen and oxygen atoms in total. The van der Waals surface area contributed by atoms with Gasteiger partial charge in [0.1, 0.15) is 13.2 Å². The van der Waals surface area contributed by atoms with E-state index in [2.05, 4.69) is 51.3 Å². The fraction of sp³-hybridized carbons (Fsp3) is 0.350. The predicted molar refractivity (Wildman–Crippen MR) is 105 cm³/mol. The Bertz CT molecular complexity index is 840. The summed E-state index contributed by atoms with van der Waals surface area (Å²) in [6.07, 6.45) is 2.11. The van der Waals surface area contributed by atoms with Crippen molar-refractivity contribution in [2.45, 2.75) is 25.8 Å². The van der Waals surface area contributed by atoms with Gasteiger partial charge >= 0.3 is 0 Å². The lowest BCUT2D eigenvalue weighted by molar-refractivity contribution is -0.115. The third-order valence-electron chi connectivity index (χ3n) is 4.88. The van der Waals surface area contributed by atoms with Crippen LogP contribution in [0.2, 0.25) is 0 Å². The molecule has 0 saturated heterocycles.